The van der Waals surface area contributed by atoms with E-state index in [1.54, 1.807) is 7.11 Å². The minimum atomic E-state index is -0.204. The Balaban J connectivity index is 1.70. The largest absolute Gasteiger partial charge is 0.497 e. The highest BCUT2D eigenvalue weighted by atomic mass is 32.2. The van der Waals surface area contributed by atoms with E-state index in [-0.39, 0.29) is 11.2 Å². The number of nitrogens with zero attached hydrogens (tertiary/aromatic N) is 1. The van der Waals surface area contributed by atoms with Gasteiger partial charge in [0.2, 0.25) is 0 Å². The molecule has 1 amide bonds. The fraction of sp³-hybridized carbons (Fsp3) is 0.316. The zero-order valence-electron chi connectivity index (χ0n) is 13.6. The smallest absolute Gasteiger partial charge is 0.259 e. The first-order valence-electron chi connectivity index (χ1n) is 8.09. The van der Waals surface area contributed by atoms with Gasteiger partial charge >= 0.3 is 0 Å². The summed E-state index contributed by atoms with van der Waals surface area (Å²) >= 11 is 1.53. The van der Waals surface area contributed by atoms with Gasteiger partial charge in [0, 0.05) is 11.4 Å². The average Bonchev–Trinajstić information content (AvgIpc) is 2.78. The maximum absolute atomic E-state index is 12.1. The van der Waals surface area contributed by atoms with Crippen LogP contribution >= 0.6 is 11.8 Å². The van der Waals surface area contributed by atoms with Crippen LogP contribution in [0.5, 0.6) is 5.75 Å². The Bertz CT molecular complexity index is 685. The summed E-state index contributed by atoms with van der Waals surface area (Å²) in [5.41, 5.74) is 2.25. The predicted molar refractivity (Wildman–Crippen MR) is 95.4 cm³/mol. The first-order valence-corrected chi connectivity index (χ1v) is 8.97. The second kappa shape index (κ2) is 7.73. The Hall–Kier alpha value is -1.98. The fourth-order valence-electron chi connectivity index (χ4n) is 2.77. The van der Waals surface area contributed by atoms with Crippen LogP contribution in [0.2, 0.25) is 0 Å². The normalized spacial score (nSPS) is 18.3. The Labute approximate surface area is 146 Å². The van der Waals surface area contributed by atoms with Gasteiger partial charge in [-0.25, -0.2) is 5.06 Å². The van der Waals surface area contributed by atoms with Crippen molar-refractivity contribution in [1.29, 1.82) is 0 Å². The molecule has 1 N–H and O–H groups in total. The predicted octanol–water partition coefficient (Wildman–Crippen LogP) is 4.22. The van der Waals surface area contributed by atoms with E-state index in [0.717, 1.165) is 46.1 Å². The van der Waals surface area contributed by atoms with E-state index in [2.05, 4.69) is 12.1 Å². The van der Waals surface area contributed by atoms with Crippen LogP contribution in [0.4, 0.5) is 0 Å². The quantitative estimate of drug-likeness (QED) is 0.844. The Morgan fingerprint density at radius 1 is 1.04 bits per heavy atom. The monoisotopic (exact) mass is 343 g/mol. The van der Waals surface area contributed by atoms with Crippen molar-refractivity contribution in [1.82, 2.24) is 5.06 Å². The van der Waals surface area contributed by atoms with Gasteiger partial charge in [-0.05, 0) is 54.7 Å². The third-order valence-electron chi connectivity index (χ3n) is 4.17. The van der Waals surface area contributed by atoms with Crippen molar-refractivity contribution in [3.05, 3.63) is 48.5 Å². The minimum absolute atomic E-state index is 0.184. The molecule has 4 nitrogen and oxygen atoms in total. The van der Waals surface area contributed by atoms with E-state index in [0.29, 0.717) is 6.54 Å². The lowest BCUT2D eigenvalue weighted by atomic mass is 10.1. The van der Waals surface area contributed by atoms with Crippen molar-refractivity contribution in [2.45, 2.75) is 29.4 Å². The SMILES string of the molecule is COc1ccc(-c2ccc(SC3CCCCN(O)C3=O)cc2)cc1. The van der Waals surface area contributed by atoms with E-state index in [1.807, 2.05) is 36.4 Å². The summed E-state index contributed by atoms with van der Waals surface area (Å²) in [6.07, 6.45) is 2.63. The summed E-state index contributed by atoms with van der Waals surface area (Å²) in [5, 5.41) is 10.4. The molecule has 1 heterocycles. The second-order valence-corrected chi connectivity index (χ2v) is 7.09. The summed E-state index contributed by atoms with van der Waals surface area (Å²) in [4.78, 5) is 13.2. The van der Waals surface area contributed by atoms with Crippen molar-refractivity contribution < 1.29 is 14.7 Å². The van der Waals surface area contributed by atoms with E-state index in [1.165, 1.54) is 11.8 Å². The van der Waals surface area contributed by atoms with Crippen molar-refractivity contribution in [3.63, 3.8) is 0 Å². The summed E-state index contributed by atoms with van der Waals surface area (Å²) in [5.74, 6) is 0.656. The van der Waals surface area contributed by atoms with E-state index < -0.39 is 0 Å². The number of benzene rings is 2. The first kappa shape index (κ1) is 16.9. The fourth-order valence-corrected chi connectivity index (χ4v) is 3.90. The molecule has 1 atom stereocenters. The molecule has 126 valence electrons. The van der Waals surface area contributed by atoms with Gasteiger partial charge in [0.05, 0.1) is 12.4 Å². The van der Waals surface area contributed by atoms with E-state index in [9.17, 15) is 10.0 Å². The van der Waals surface area contributed by atoms with Gasteiger partial charge < -0.3 is 4.74 Å². The molecule has 0 bridgehead atoms. The molecule has 2 aromatic carbocycles. The summed E-state index contributed by atoms with van der Waals surface area (Å²) < 4.78 is 5.18. The maximum Gasteiger partial charge on any atom is 0.259 e. The van der Waals surface area contributed by atoms with Gasteiger partial charge in [0.25, 0.3) is 5.91 Å². The van der Waals surface area contributed by atoms with Crippen molar-refractivity contribution >= 4 is 17.7 Å². The van der Waals surface area contributed by atoms with Gasteiger partial charge in [0.1, 0.15) is 5.75 Å². The van der Waals surface area contributed by atoms with Crippen LogP contribution < -0.4 is 4.74 Å². The molecule has 1 saturated heterocycles. The average molecular weight is 343 g/mol. The molecule has 5 heteroatoms. The zero-order valence-corrected chi connectivity index (χ0v) is 14.5. The number of thioether (sulfide) groups is 1. The van der Waals surface area contributed by atoms with Gasteiger partial charge in [-0.1, -0.05) is 24.3 Å². The molecule has 1 aliphatic heterocycles. The van der Waals surface area contributed by atoms with Crippen molar-refractivity contribution in [2.24, 2.45) is 0 Å². The number of amides is 1. The molecule has 3 rings (SSSR count). The molecule has 2 aromatic rings. The van der Waals surface area contributed by atoms with Crippen LogP contribution in [-0.4, -0.2) is 35.1 Å². The molecule has 24 heavy (non-hydrogen) atoms. The van der Waals surface area contributed by atoms with Crippen LogP contribution in [0.15, 0.2) is 53.4 Å². The molecule has 1 fully saturated rings. The molecule has 0 spiro atoms. The number of carbonyl (C=O) groups excluding carboxylic acids is 1. The van der Waals surface area contributed by atoms with Crippen LogP contribution in [0.25, 0.3) is 11.1 Å². The second-order valence-electron chi connectivity index (χ2n) is 5.82. The third kappa shape index (κ3) is 3.91. The van der Waals surface area contributed by atoms with E-state index in [4.69, 9.17) is 4.74 Å². The molecule has 0 saturated carbocycles. The Morgan fingerprint density at radius 2 is 1.67 bits per heavy atom. The van der Waals surface area contributed by atoms with Crippen LogP contribution in [0.3, 0.4) is 0 Å². The van der Waals surface area contributed by atoms with Crippen LogP contribution in [0, 0.1) is 0 Å². The molecule has 0 aromatic heterocycles. The van der Waals surface area contributed by atoms with Gasteiger partial charge in [-0.2, -0.15) is 0 Å². The minimum Gasteiger partial charge on any atom is -0.497 e. The van der Waals surface area contributed by atoms with Crippen molar-refractivity contribution in [3.8, 4) is 16.9 Å². The number of hydrogen-bond acceptors (Lipinski definition) is 4. The Kier molecular flexibility index (Phi) is 5.43. The number of methoxy groups -OCH3 is 1. The number of hydroxylamine groups is 2. The third-order valence-corrected chi connectivity index (χ3v) is 5.44. The maximum atomic E-state index is 12.1. The van der Waals surface area contributed by atoms with Crippen LogP contribution in [-0.2, 0) is 4.79 Å². The highest BCUT2D eigenvalue weighted by Crippen LogP contribution is 2.31. The van der Waals surface area contributed by atoms with Gasteiger partial charge in [-0.15, -0.1) is 11.8 Å². The lowest BCUT2D eigenvalue weighted by Crippen LogP contribution is -2.33. The number of ether oxygens (including phenoxy) is 1. The molecule has 0 radical (unpaired) electrons. The number of hydrogen-bond donors (Lipinski definition) is 1. The number of carbonyl (C=O) groups is 1. The van der Waals surface area contributed by atoms with Crippen LogP contribution in [0.1, 0.15) is 19.3 Å². The molecular weight excluding hydrogens is 322 g/mol. The van der Waals surface area contributed by atoms with Gasteiger partial charge in [0.15, 0.2) is 0 Å². The summed E-state index contributed by atoms with van der Waals surface area (Å²) in [6.45, 7) is 0.437. The first-order chi connectivity index (χ1) is 11.7. The highest BCUT2D eigenvalue weighted by molar-refractivity contribution is 8.00. The molecular formula is C19H21NO3S. The standard InChI is InChI=1S/C19H21NO3S/c1-23-16-9-5-14(6-10-16)15-7-11-17(12-8-15)24-18-4-2-3-13-20(22)19(18)21/h5-12,18,22H,2-4,13H2,1H3. The highest BCUT2D eigenvalue weighted by Gasteiger charge is 2.26. The topological polar surface area (TPSA) is 49.8 Å². The van der Waals surface area contributed by atoms with Gasteiger partial charge in [-0.3, -0.25) is 10.0 Å². The lowest BCUT2D eigenvalue weighted by molar-refractivity contribution is -0.163. The summed E-state index contributed by atoms with van der Waals surface area (Å²) in [7, 11) is 1.66. The molecule has 0 aliphatic carbocycles. The summed E-state index contributed by atoms with van der Waals surface area (Å²) in [6, 6.07) is 16.1. The molecule has 1 unspecified atom stereocenters. The van der Waals surface area contributed by atoms with Crippen molar-refractivity contribution in [2.75, 3.05) is 13.7 Å². The number of rotatable bonds is 4. The lowest BCUT2D eigenvalue weighted by Gasteiger charge is -2.17. The zero-order chi connectivity index (χ0) is 16.9. The van der Waals surface area contributed by atoms with E-state index >= 15 is 0 Å². The Morgan fingerprint density at radius 3 is 2.29 bits per heavy atom. The molecule has 1 aliphatic rings.